The molecule has 0 amide bonds. The van der Waals surface area contributed by atoms with Gasteiger partial charge in [0, 0.05) is 25.2 Å². The van der Waals surface area contributed by atoms with Crippen LogP contribution in [0.15, 0.2) is 22.7 Å². The third kappa shape index (κ3) is 2.64. The summed E-state index contributed by atoms with van der Waals surface area (Å²) >= 11 is 3.26. The maximum Gasteiger partial charge on any atom is 0.137 e. The SMILES string of the molecule is NCC(c1ccc(F)c(Br)c1)N1CCOC2CCCC21. The fraction of sp³-hybridized carbons (Fsp3) is 0.600. The van der Waals surface area contributed by atoms with E-state index in [1.54, 1.807) is 0 Å². The summed E-state index contributed by atoms with van der Waals surface area (Å²) in [6.07, 6.45) is 3.88. The van der Waals surface area contributed by atoms with Crippen molar-refractivity contribution in [3.05, 3.63) is 34.1 Å². The van der Waals surface area contributed by atoms with Crippen LogP contribution >= 0.6 is 15.9 Å². The quantitative estimate of drug-likeness (QED) is 0.917. The molecule has 3 unspecified atom stereocenters. The van der Waals surface area contributed by atoms with Gasteiger partial charge in [-0.1, -0.05) is 6.07 Å². The number of nitrogens with zero attached hydrogens (tertiary/aromatic N) is 1. The zero-order valence-electron chi connectivity index (χ0n) is 11.4. The Kier molecular flexibility index (Phi) is 4.40. The smallest absolute Gasteiger partial charge is 0.137 e. The molecule has 0 spiro atoms. The highest BCUT2D eigenvalue weighted by Crippen LogP contribution is 2.35. The van der Waals surface area contributed by atoms with Crippen molar-refractivity contribution in [1.82, 2.24) is 4.90 Å². The fourth-order valence-electron chi connectivity index (χ4n) is 3.53. The lowest BCUT2D eigenvalue weighted by atomic mass is 10.0. The number of hydrogen-bond acceptors (Lipinski definition) is 3. The highest BCUT2D eigenvalue weighted by atomic mass is 79.9. The molecule has 2 aliphatic rings. The average molecular weight is 343 g/mol. The molecule has 2 fully saturated rings. The molecule has 1 aliphatic heterocycles. The van der Waals surface area contributed by atoms with Crippen LogP contribution in [0.3, 0.4) is 0 Å². The second-order valence-electron chi connectivity index (χ2n) is 5.57. The van der Waals surface area contributed by atoms with Gasteiger partial charge in [-0.05, 0) is 52.9 Å². The van der Waals surface area contributed by atoms with Gasteiger partial charge in [-0.25, -0.2) is 4.39 Å². The van der Waals surface area contributed by atoms with E-state index in [4.69, 9.17) is 10.5 Å². The van der Waals surface area contributed by atoms with Gasteiger partial charge in [0.25, 0.3) is 0 Å². The summed E-state index contributed by atoms with van der Waals surface area (Å²) in [6.45, 7) is 2.21. The van der Waals surface area contributed by atoms with Crippen LogP contribution in [0.1, 0.15) is 30.9 Å². The summed E-state index contributed by atoms with van der Waals surface area (Å²) in [5.41, 5.74) is 7.09. The molecule has 1 saturated carbocycles. The summed E-state index contributed by atoms with van der Waals surface area (Å²) in [7, 11) is 0. The van der Waals surface area contributed by atoms with Gasteiger partial charge in [0.1, 0.15) is 5.82 Å². The summed E-state index contributed by atoms with van der Waals surface area (Å²) in [6, 6.07) is 5.81. The molecule has 0 radical (unpaired) electrons. The van der Waals surface area contributed by atoms with Crippen molar-refractivity contribution in [2.75, 3.05) is 19.7 Å². The number of hydrogen-bond donors (Lipinski definition) is 1. The lowest BCUT2D eigenvalue weighted by molar-refractivity contribution is -0.0711. The molecule has 3 atom stereocenters. The maximum atomic E-state index is 13.4. The number of nitrogens with two attached hydrogens (primary N) is 1. The van der Waals surface area contributed by atoms with Crippen molar-refractivity contribution in [1.29, 1.82) is 0 Å². The standard InChI is InChI=1S/C15H20BrFN2O/c16-11-8-10(4-5-12(11)17)14(9-18)19-6-7-20-15-3-1-2-13(15)19/h4-5,8,13-15H,1-3,6-7,9,18H2. The van der Waals surface area contributed by atoms with Crippen molar-refractivity contribution < 1.29 is 9.13 Å². The van der Waals surface area contributed by atoms with Crippen molar-refractivity contribution >= 4 is 15.9 Å². The Morgan fingerprint density at radius 3 is 3.05 bits per heavy atom. The minimum absolute atomic E-state index is 0.140. The Labute approximate surface area is 127 Å². The van der Waals surface area contributed by atoms with Crippen LogP contribution in [-0.4, -0.2) is 36.7 Å². The molecule has 0 aromatic heterocycles. The summed E-state index contributed by atoms with van der Waals surface area (Å²) in [5, 5.41) is 0. The third-order valence-electron chi connectivity index (χ3n) is 4.48. The van der Waals surface area contributed by atoms with Gasteiger partial charge in [-0.2, -0.15) is 0 Å². The molecule has 110 valence electrons. The number of ether oxygens (including phenoxy) is 1. The monoisotopic (exact) mass is 342 g/mol. The molecule has 2 N–H and O–H groups in total. The molecule has 0 bridgehead atoms. The number of halogens is 2. The minimum Gasteiger partial charge on any atom is -0.375 e. The summed E-state index contributed by atoms with van der Waals surface area (Å²) in [4.78, 5) is 2.46. The second kappa shape index (κ2) is 6.10. The van der Waals surface area contributed by atoms with Gasteiger partial charge in [0.05, 0.1) is 17.2 Å². The Morgan fingerprint density at radius 1 is 1.45 bits per heavy atom. The first-order chi connectivity index (χ1) is 9.70. The molecule has 3 rings (SSSR count). The van der Waals surface area contributed by atoms with E-state index in [2.05, 4.69) is 20.8 Å². The fourth-order valence-corrected chi connectivity index (χ4v) is 3.92. The van der Waals surface area contributed by atoms with E-state index in [0.29, 0.717) is 23.2 Å². The van der Waals surface area contributed by atoms with Crippen LogP contribution in [0.4, 0.5) is 4.39 Å². The molecule has 3 nitrogen and oxygen atoms in total. The van der Waals surface area contributed by atoms with E-state index in [1.807, 2.05) is 12.1 Å². The summed E-state index contributed by atoms with van der Waals surface area (Å²) in [5.74, 6) is -0.231. The van der Waals surface area contributed by atoms with Gasteiger partial charge >= 0.3 is 0 Å². The Balaban J connectivity index is 1.86. The van der Waals surface area contributed by atoms with E-state index >= 15 is 0 Å². The maximum absolute atomic E-state index is 13.4. The first-order valence-electron chi connectivity index (χ1n) is 7.23. The van der Waals surface area contributed by atoms with Crippen LogP contribution in [0.25, 0.3) is 0 Å². The second-order valence-corrected chi connectivity index (χ2v) is 6.42. The third-order valence-corrected chi connectivity index (χ3v) is 5.08. The van der Waals surface area contributed by atoms with Crippen molar-refractivity contribution in [2.24, 2.45) is 5.73 Å². The Morgan fingerprint density at radius 2 is 2.30 bits per heavy atom. The lowest BCUT2D eigenvalue weighted by Gasteiger charge is -2.42. The van der Waals surface area contributed by atoms with Gasteiger partial charge in [-0.3, -0.25) is 4.90 Å². The van der Waals surface area contributed by atoms with E-state index in [1.165, 1.54) is 18.9 Å². The van der Waals surface area contributed by atoms with Crippen molar-refractivity contribution in [3.8, 4) is 0 Å². The first-order valence-corrected chi connectivity index (χ1v) is 8.02. The van der Waals surface area contributed by atoms with E-state index < -0.39 is 0 Å². The van der Waals surface area contributed by atoms with Gasteiger partial charge in [0.2, 0.25) is 0 Å². The normalized spacial score (nSPS) is 28.4. The van der Waals surface area contributed by atoms with Crippen LogP contribution in [-0.2, 0) is 4.74 Å². The molecular formula is C15H20BrFN2O. The molecule has 1 saturated heterocycles. The van der Waals surface area contributed by atoms with Gasteiger partial charge in [0.15, 0.2) is 0 Å². The highest BCUT2D eigenvalue weighted by molar-refractivity contribution is 9.10. The predicted molar refractivity (Wildman–Crippen MR) is 80.0 cm³/mol. The predicted octanol–water partition coefficient (Wildman–Crippen LogP) is 2.84. The zero-order valence-corrected chi connectivity index (χ0v) is 13.0. The van der Waals surface area contributed by atoms with E-state index in [9.17, 15) is 4.39 Å². The topological polar surface area (TPSA) is 38.5 Å². The molecule has 1 aromatic rings. The zero-order chi connectivity index (χ0) is 14.1. The van der Waals surface area contributed by atoms with Crippen LogP contribution in [0.5, 0.6) is 0 Å². The number of rotatable bonds is 3. The molecule has 20 heavy (non-hydrogen) atoms. The lowest BCUT2D eigenvalue weighted by Crippen LogP contribution is -2.51. The van der Waals surface area contributed by atoms with E-state index in [0.717, 1.165) is 25.1 Å². The van der Waals surface area contributed by atoms with E-state index in [-0.39, 0.29) is 11.9 Å². The van der Waals surface area contributed by atoms with Crippen LogP contribution in [0, 0.1) is 5.82 Å². The van der Waals surface area contributed by atoms with Crippen molar-refractivity contribution in [2.45, 2.75) is 37.5 Å². The highest BCUT2D eigenvalue weighted by Gasteiger charge is 2.39. The molecule has 1 aromatic carbocycles. The molecular weight excluding hydrogens is 323 g/mol. The molecule has 1 heterocycles. The number of fused-ring (bicyclic) bond motifs is 1. The Bertz CT molecular complexity index is 485. The number of morpholine rings is 1. The summed E-state index contributed by atoms with van der Waals surface area (Å²) < 4.78 is 19.8. The minimum atomic E-state index is -0.231. The van der Waals surface area contributed by atoms with Gasteiger partial charge < -0.3 is 10.5 Å². The average Bonchev–Trinajstić information content (AvgIpc) is 2.93. The largest absolute Gasteiger partial charge is 0.375 e. The molecule has 1 aliphatic carbocycles. The van der Waals surface area contributed by atoms with Crippen LogP contribution in [0.2, 0.25) is 0 Å². The first kappa shape index (κ1) is 14.4. The van der Waals surface area contributed by atoms with Crippen LogP contribution < -0.4 is 5.73 Å². The number of benzene rings is 1. The molecule has 5 heteroatoms. The van der Waals surface area contributed by atoms with Crippen molar-refractivity contribution in [3.63, 3.8) is 0 Å². The van der Waals surface area contributed by atoms with Gasteiger partial charge in [-0.15, -0.1) is 0 Å². The Hall–Kier alpha value is -0.490.